The summed E-state index contributed by atoms with van der Waals surface area (Å²) in [6.07, 6.45) is 2.23. The van der Waals surface area contributed by atoms with Crippen molar-refractivity contribution in [2.75, 3.05) is 20.3 Å². The highest BCUT2D eigenvalue weighted by atomic mass is 79.9. The summed E-state index contributed by atoms with van der Waals surface area (Å²) in [4.78, 5) is 0. The first-order valence-corrected chi connectivity index (χ1v) is 6.91. The molecule has 1 unspecified atom stereocenters. The van der Waals surface area contributed by atoms with E-state index in [0.29, 0.717) is 6.04 Å². The van der Waals surface area contributed by atoms with Gasteiger partial charge in [0.15, 0.2) is 0 Å². The molecule has 1 aromatic rings. The van der Waals surface area contributed by atoms with Gasteiger partial charge in [0.25, 0.3) is 0 Å². The second-order valence-electron chi connectivity index (χ2n) is 3.43. The number of thiophene rings is 1. The molecule has 0 fully saturated rings. The van der Waals surface area contributed by atoms with E-state index in [9.17, 15) is 0 Å². The average molecular weight is 292 g/mol. The summed E-state index contributed by atoms with van der Waals surface area (Å²) in [5.41, 5.74) is 1.38. The second kappa shape index (κ2) is 7.39. The van der Waals surface area contributed by atoms with E-state index in [0.717, 1.165) is 26.0 Å². The summed E-state index contributed by atoms with van der Waals surface area (Å²) in [5, 5.41) is 5.71. The van der Waals surface area contributed by atoms with E-state index in [2.05, 4.69) is 39.6 Å². The second-order valence-corrected chi connectivity index (χ2v) is 5.72. The number of ether oxygens (including phenoxy) is 1. The Bertz CT molecular complexity index is 277. The Hall–Kier alpha value is 0.100. The summed E-state index contributed by atoms with van der Waals surface area (Å²) in [6.45, 7) is 3.99. The monoisotopic (exact) mass is 291 g/mol. The highest BCUT2D eigenvalue weighted by Crippen LogP contribution is 2.27. The fourth-order valence-electron chi connectivity index (χ4n) is 1.57. The number of methoxy groups -OCH3 is 1. The Morgan fingerprint density at radius 1 is 1.60 bits per heavy atom. The van der Waals surface area contributed by atoms with Crippen LogP contribution in [0.1, 0.15) is 31.4 Å². The van der Waals surface area contributed by atoms with Crippen LogP contribution in [-0.4, -0.2) is 20.3 Å². The van der Waals surface area contributed by atoms with Gasteiger partial charge in [-0.05, 0) is 52.3 Å². The smallest absolute Gasteiger partial charge is 0.0701 e. The minimum absolute atomic E-state index is 0.465. The molecular weight excluding hydrogens is 274 g/mol. The van der Waals surface area contributed by atoms with Crippen LogP contribution in [0.3, 0.4) is 0 Å². The Kier molecular flexibility index (Phi) is 6.48. The lowest BCUT2D eigenvalue weighted by Gasteiger charge is -2.16. The molecule has 2 nitrogen and oxygen atoms in total. The third-order valence-corrected chi connectivity index (χ3v) is 3.80. The first kappa shape index (κ1) is 13.2. The minimum Gasteiger partial charge on any atom is -0.385 e. The molecule has 86 valence electrons. The lowest BCUT2D eigenvalue weighted by atomic mass is 10.1. The first-order chi connectivity index (χ1) is 7.27. The van der Waals surface area contributed by atoms with E-state index in [-0.39, 0.29) is 0 Å². The van der Waals surface area contributed by atoms with Crippen LogP contribution in [0.15, 0.2) is 15.2 Å². The van der Waals surface area contributed by atoms with Gasteiger partial charge in [0.1, 0.15) is 0 Å². The minimum atomic E-state index is 0.465. The molecular formula is C11H18BrNOS. The molecule has 0 aromatic carbocycles. The van der Waals surface area contributed by atoms with E-state index < -0.39 is 0 Å². The molecule has 0 saturated carbocycles. The van der Waals surface area contributed by atoms with Gasteiger partial charge in [0.05, 0.1) is 3.79 Å². The normalized spacial score (nSPS) is 13.0. The third kappa shape index (κ3) is 4.64. The fraction of sp³-hybridized carbons (Fsp3) is 0.636. The predicted octanol–water partition coefficient (Wildman–Crippen LogP) is 3.59. The fourth-order valence-corrected chi connectivity index (χ4v) is 2.80. The summed E-state index contributed by atoms with van der Waals surface area (Å²) in [7, 11) is 1.75. The summed E-state index contributed by atoms with van der Waals surface area (Å²) >= 11 is 5.24. The zero-order valence-electron chi connectivity index (χ0n) is 9.25. The molecule has 1 heterocycles. The number of nitrogens with one attached hydrogen (secondary N) is 1. The lowest BCUT2D eigenvalue weighted by Crippen LogP contribution is -2.20. The molecule has 1 aromatic heterocycles. The first-order valence-electron chi connectivity index (χ1n) is 5.24. The van der Waals surface area contributed by atoms with Crippen molar-refractivity contribution in [1.82, 2.24) is 5.32 Å². The van der Waals surface area contributed by atoms with Crippen LogP contribution in [0.2, 0.25) is 0 Å². The van der Waals surface area contributed by atoms with Gasteiger partial charge < -0.3 is 10.1 Å². The van der Waals surface area contributed by atoms with E-state index in [1.807, 2.05) is 0 Å². The van der Waals surface area contributed by atoms with Gasteiger partial charge in [-0.3, -0.25) is 0 Å². The van der Waals surface area contributed by atoms with Crippen LogP contribution in [0.25, 0.3) is 0 Å². The molecule has 15 heavy (non-hydrogen) atoms. The van der Waals surface area contributed by atoms with Crippen LogP contribution < -0.4 is 5.32 Å². The van der Waals surface area contributed by atoms with Crippen LogP contribution in [0, 0.1) is 0 Å². The van der Waals surface area contributed by atoms with Gasteiger partial charge in [-0.1, -0.05) is 6.92 Å². The zero-order valence-corrected chi connectivity index (χ0v) is 11.7. The number of hydrogen-bond donors (Lipinski definition) is 1. The van der Waals surface area contributed by atoms with Crippen molar-refractivity contribution in [3.8, 4) is 0 Å². The third-order valence-electron chi connectivity index (χ3n) is 2.28. The zero-order chi connectivity index (χ0) is 11.1. The molecule has 0 radical (unpaired) electrons. The largest absolute Gasteiger partial charge is 0.385 e. The molecule has 0 amide bonds. The van der Waals surface area contributed by atoms with Gasteiger partial charge in [-0.25, -0.2) is 0 Å². The van der Waals surface area contributed by atoms with E-state index in [1.165, 1.54) is 9.35 Å². The van der Waals surface area contributed by atoms with Gasteiger partial charge in [0.2, 0.25) is 0 Å². The van der Waals surface area contributed by atoms with Gasteiger partial charge in [-0.2, -0.15) is 0 Å². The molecule has 0 aliphatic rings. The molecule has 0 aliphatic heterocycles. The van der Waals surface area contributed by atoms with Crippen molar-refractivity contribution in [2.24, 2.45) is 0 Å². The SMILES string of the molecule is CCNC(CCCOC)c1csc(Br)c1. The molecule has 0 aliphatic carbocycles. The highest BCUT2D eigenvalue weighted by Gasteiger charge is 2.11. The van der Waals surface area contributed by atoms with Crippen molar-refractivity contribution in [3.63, 3.8) is 0 Å². The Morgan fingerprint density at radius 2 is 2.40 bits per heavy atom. The maximum absolute atomic E-state index is 5.08. The van der Waals surface area contributed by atoms with Gasteiger partial charge in [-0.15, -0.1) is 11.3 Å². The van der Waals surface area contributed by atoms with E-state index in [4.69, 9.17) is 4.74 Å². The van der Waals surface area contributed by atoms with Crippen molar-refractivity contribution in [1.29, 1.82) is 0 Å². The van der Waals surface area contributed by atoms with E-state index >= 15 is 0 Å². The van der Waals surface area contributed by atoms with Crippen LogP contribution in [-0.2, 0) is 4.74 Å². The summed E-state index contributed by atoms with van der Waals surface area (Å²) < 4.78 is 6.28. The molecule has 1 rings (SSSR count). The van der Waals surface area contributed by atoms with Crippen molar-refractivity contribution in [2.45, 2.75) is 25.8 Å². The molecule has 1 atom stereocenters. The van der Waals surface area contributed by atoms with Crippen LogP contribution in [0.4, 0.5) is 0 Å². The molecule has 1 N–H and O–H groups in total. The average Bonchev–Trinajstić information content (AvgIpc) is 2.64. The maximum Gasteiger partial charge on any atom is 0.0701 e. The van der Waals surface area contributed by atoms with Crippen molar-refractivity contribution in [3.05, 3.63) is 20.8 Å². The van der Waals surface area contributed by atoms with Crippen LogP contribution in [0.5, 0.6) is 0 Å². The number of hydrogen-bond acceptors (Lipinski definition) is 3. The number of rotatable bonds is 7. The quantitative estimate of drug-likeness (QED) is 0.775. The highest BCUT2D eigenvalue weighted by molar-refractivity contribution is 9.11. The Labute approximate surface area is 104 Å². The molecule has 0 bridgehead atoms. The Morgan fingerprint density at radius 3 is 2.93 bits per heavy atom. The standard InChI is InChI=1S/C11H18BrNOS/c1-3-13-10(5-4-6-14-2)9-7-11(12)15-8-9/h7-8,10,13H,3-6H2,1-2H3. The predicted molar refractivity (Wildman–Crippen MR) is 69.5 cm³/mol. The molecule has 0 spiro atoms. The summed E-state index contributed by atoms with van der Waals surface area (Å²) in [5.74, 6) is 0. The maximum atomic E-state index is 5.08. The van der Waals surface area contributed by atoms with Crippen molar-refractivity contribution >= 4 is 27.3 Å². The van der Waals surface area contributed by atoms with Crippen LogP contribution >= 0.6 is 27.3 Å². The Balaban J connectivity index is 2.49. The van der Waals surface area contributed by atoms with Crippen molar-refractivity contribution < 1.29 is 4.74 Å². The number of halogens is 1. The van der Waals surface area contributed by atoms with E-state index in [1.54, 1.807) is 18.4 Å². The lowest BCUT2D eigenvalue weighted by molar-refractivity contribution is 0.189. The van der Waals surface area contributed by atoms with Gasteiger partial charge >= 0.3 is 0 Å². The van der Waals surface area contributed by atoms with Gasteiger partial charge in [0, 0.05) is 19.8 Å². The topological polar surface area (TPSA) is 21.3 Å². The summed E-state index contributed by atoms with van der Waals surface area (Å²) in [6, 6.07) is 2.66. The molecule has 4 heteroatoms. The molecule has 0 saturated heterocycles.